The Morgan fingerprint density at radius 2 is 1.64 bits per heavy atom. The van der Waals surface area contributed by atoms with Gasteiger partial charge in [-0.05, 0) is 49.1 Å². The summed E-state index contributed by atoms with van der Waals surface area (Å²) in [6.07, 6.45) is 3.27. The van der Waals surface area contributed by atoms with Gasteiger partial charge in [0.2, 0.25) is 0 Å². The Bertz CT molecular complexity index is 695. The van der Waals surface area contributed by atoms with Crippen molar-refractivity contribution in [1.29, 1.82) is 0 Å². The van der Waals surface area contributed by atoms with Gasteiger partial charge in [-0.1, -0.05) is 36.4 Å². The molecule has 2 aromatic carbocycles. The van der Waals surface area contributed by atoms with E-state index >= 15 is 0 Å². The highest BCUT2D eigenvalue weighted by Crippen LogP contribution is 2.29. The van der Waals surface area contributed by atoms with Gasteiger partial charge in [0, 0.05) is 30.4 Å². The molecule has 0 bridgehead atoms. The number of rotatable bonds is 4. The zero-order chi connectivity index (χ0) is 15.5. The summed E-state index contributed by atoms with van der Waals surface area (Å²) in [5.41, 5.74) is 6.04. The van der Waals surface area contributed by atoms with Crippen LogP contribution in [0.5, 0.6) is 0 Å². The van der Waals surface area contributed by atoms with Crippen molar-refractivity contribution in [3.63, 3.8) is 0 Å². The lowest BCUT2D eigenvalue weighted by atomic mass is 10.1. The molecule has 0 spiro atoms. The number of ketones is 1. The van der Waals surface area contributed by atoms with Gasteiger partial charge in [0.1, 0.15) is 0 Å². The molecule has 3 rings (SSSR count). The molecule has 1 aliphatic carbocycles. The summed E-state index contributed by atoms with van der Waals surface area (Å²) in [6.45, 7) is 5.03. The number of hydrogen-bond donors (Lipinski definition) is 0. The van der Waals surface area contributed by atoms with Crippen LogP contribution in [0.15, 0.2) is 60.3 Å². The molecule has 0 saturated carbocycles. The molecule has 2 heteroatoms. The number of carbonyl (C=O) groups excluding carboxylic acids is 1. The van der Waals surface area contributed by atoms with Crippen molar-refractivity contribution in [2.24, 2.45) is 0 Å². The Labute approximate surface area is 132 Å². The molecule has 0 N–H and O–H groups in total. The fraction of sp³-hybridized carbons (Fsp3) is 0.250. The van der Waals surface area contributed by atoms with E-state index in [1.807, 2.05) is 6.07 Å². The molecule has 0 heterocycles. The average molecular weight is 291 g/mol. The predicted molar refractivity (Wildman–Crippen MR) is 90.9 cm³/mol. The lowest BCUT2D eigenvalue weighted by Crippen LogP contribution is -2.21. The van der Waals surface area contributed by atoms with Crippen molar-refractivity contribution in [1.82, 2.24) is 0 Å². The van der Waals surface area contributed by atoms with E-state index in [2.05, 4.69) is 61.2 Å². The second-order valence-electron chi connectivity index (χ2n) is 6.02. The zero-order valence-electron chi connectivity index (χ0n) is 13.2. The van der Waals surface area contributed by atoms with Crippen LogP contribution in [0.3, 0.4) is 0 Å². The van der Waals surface area contributed by atoms with Gasteiger partial charge in [0.05, 0.1) is 0 Å². The van der Waals surface area contributed by atoms with Crippen LogP contribution in [0.2, 0.25) is 0 Å². The lowest BCUT2D eigenvalue weighted by molar-refractivity contribution is -0.114. The minimum absolute atomic E-state index is 0.234. The van der Waals surface area contributed by atoms with E-state index < -0.39 is 0 Å². The molecule has 0 unspecified atom stereocenters. The van der Waals surface area contributed by atoms with Crippen LogP contribution >= 0.6 is 0 Å². The van der Waals surface area contributed by atoms with Crippen LogP contribution in [-0.4, -0.2) is 5.78 Å². The highest BCUT2D eigenvalue weighted by Gasteiger charge is 2.20. The molecule has 0 amide bonds. The second-order valence-corrected chi connectivity index (χ2v) is 6.02. The molecule has 0 radical (unpaired) electrons. The first kappa shape index (κ1) is 14.6. The van der Waals surface area contributed by atoms with E-state index in [9.17, 15) is 4.79 Å². The Balaban J connectivity index is 1.99. The molecule has 0 aliphatic heterocycles. The molecule has 1 aliphatic rings. The lowest BCUT2D eigenvalue weighted by Gasteiger charge is -2.27. The molecule has 0 fully saturated rings. The van der Waals surface area contributed by atoms with Crippen molar-refractivity contribution < 1.29 is 4.79 Å². The second kappa shape index (κ2) is 6.18. The maximum Gasteiger partial charge on any atom is 0.157 e. The summed E-state index contributed by atoms with van der Waals surface area (Å²) in [5, 5.41) is 0. The molecule has 112 valence electrons. The fourth-order valence-corrected chi connectivity index (χ4v) is 3.03. The Morgan fingerprint density at radius 3 is 2.23 bits per heavy atom. The predicted octanol–water partition coefficient (Wildman–Crippen LogP) is 4.56. The van der Waals surface area contributed by atoms with Gasteiger partial charge in [0.25, 0.3) is 0 Å². The summed E-state index contributed by atoms with van der Waals surface area (Å²) in [5.74, 6) is 0.234. The summed E-state index contributed by atoms with van der Waals surface area (Å²) in [4.78, 5) is 14.0. The third-order valence-electron chi connectivity index (χ3n) is 4.00. The number of anilines is 1. The minimum atomic E-state index is 0.234. The van der Waals surface area contributed by atoms with Crippen LogP contribution in [0, 0.1) is 13.8 Å². The highest BCUT2D eigenvalue weighted by molar-refractivity contribution is 5.93. The summed E-state index contributed by atoms with van der Waals surface area (Å²) >= 11 is 0. The van der Waals surface area contributed by atoms with Gasteiger partial charge >= 0.3 is 0 Å². The van der Waals surface area contributed by atoms with E-state index in [0.717, 1.165) is 18.7 Å². The quantitative estimate of drug-likeness (QED) is 0.823. The highest BCUT2D eigenvalue weighted by atomic mass is 16.1. The standard InChI is InChI=1S/C20H21NO/c1-15-10-16(2)12-19(11-15)21(18-8-9-20(22)13-18)14-17-6-4-3-5-7-17/h3-7,10-13H,8-9,14H2,1-2H3. The number of nitrogens with zero attached hydrogens (tertiary/aromatic N) is 1. The minimum Gasteiger partial charge on any atom is -0.341 e. The van der Waals surface area contributed by atoms with E-state index in [0.29, 0.717) is 6.42 Å². The van der Waals surface area contributed by atoms with Crippen LogP contribution < -0.4 is 4.90 Å². The van der Waals surface area contributed by atoms with Gasteiger partial charge < -0.3 is 4.90 Å². The normalized spacial score (nSPS) is 14.1. The summed E-state index contributed by atoms with van der Waals surface area (Å²) in [6, 6.07) is 17.0. The SMILES string of the molecule is Cc1cc(C)cc(N(Cc2ccccc2)C2=CC(=O)CC2)c1. The molecule has 0 saturated heterocycles. The van der Waals surface area contributed by atoms with Crippen molar-refractivity contribution >= 4 is 11.5 Å². The van der Waals surface area contributed by atoms with E-state index in [-0.39, 0.29) is 5.78 Å². The fourth-order valence-electron chi connectivity index (χ4n) is 3.03. The first-order chi connectivity index (χ1) is 10.6. The Morgan fingerprint density at radius 1 is 0.955 bits per heavy atom. The summed E-state index contributed by atoms with van der Waals surface area (Å²) in [7, 11) is 0. The molecule has 22 heavy (non-hydrogen) atoms. The number of aryl methyl sites for hydroxylation is 2. The van der Waals surface area contributed by atoms with Gasteiger partial charge in [-0.25, -0.2) is 0 Å². The smallest absolute Gasteiger partial charge is 0.157 e. The van der Waals surface area contributed by atoms with Gasteiger partial charge in [-0.2, -0.15) is 0 Å². The van der Waals surface area contributed by atoms with Crippen LogP contribution in [-0.2, 0) is 11.3 Å². The first-order valence-electron chi connectivity index (χ1n) is 7.75. The van der Waals surface area contributed by atoms with Crippen molar-refractivity contribution in [3.05, 3.63) is 77.0 Å². The largest absolute Gasteiger partial charge is 0.341 e. The Hall–Kier alpha value is -2.35. The van der Waals surface area contributed by atoms with Crippen molar-refractivity contribution in [3.8, 4) is 0 Å². The Kier molecular flexibility index (Phi) is 4.10. The summed E-state index contributed by atoms with van der Waals surface area (Å²) < 4.78 is 0. The molecular weight excluding hydrogens is 270 g/mol. The van der Waals surface area contributed by atoms with E-state index in [1.54, 1.807) is 6.08 Å². The van der Waals surface area contributed by atoms with E-state index in [1.165, 1.54) is 22.4 Å². The topological polar surface area (TPSA) is 20.3 Å². The average Bonchev–Trinajstić information content (AvgIpc) is 2.91. The molecular formula is C20H21NO. The molecule has 2 nitrogen and oxygen atoms in total. The molecule has 0 atom stereocenters. The maximum atomic E-state index is 11.7. The third-order valence-corrected chi connectivity index (χ3v) is 4.00. The third kappa shape index (κ3) is 3.28. The van der Waals surface area contributed by atoms with Crippen molar-refractivity contribution in [2.75, 3.05) is 4.90 Å². The molecule has 0 aromatic heterocycles. The number of allylic oxidation sites excluding steroid dienone is 2. The first-order valence-corrected chi connectivity index (χ1v) is 7.75. The van der Waals surface area contributed by atoms with Gasteiger partial charge in [-0.15, -0.1) is 0 Å². The van der Waals surface area contributed by atoms with Gasteiger partial charge in [0.15, 0.2) is 5.78 Å². The maximum absolute atomic E-state index is 11.7. The molecule has 2 aromatic rings. The number of hydrogen-bond acceptors (Lipinski definition) is 2. The zero-order valence-corrected chi connectivity index (χ0v) is 13.2. The van der Waals surface area contributed by atoms with Crippen LogP contribution in [0.4, 0.5) is 5.69 Å². The van der Waals surface area contributed by atoms with E-state index in [4.69, 9.17) is 0 Å². The van der Waals surface area contributed by atoms with Gasteiger partial charge in [-0.3, -0.25) is 4.79 Å². The van der Waals surface area contributed by atoms with Crippen LogP contribution in [0.25, 0.3) is 0 Å². The number of carbonyl (C=O) groups is 1. The van der Waals surface area contributed by atoms with Crippen LogP contribution in [0.1, 0.15) is 29.5 Å². The monoisotopic (exact) mass is 291 g/mol. The van der Waals surface area contributed by atoms with Crippen molar-refractivity contribution in [2.45, 2.75) is 33.2 Å². The number of benzene rings is 2.